The standard InChI is InChI=1S/C11H11ClN2OS/c12-9-1-2-11(8(3-9)4-13)15-5-10-6-16-7-14-10/h1-3,6-7H,4-5,13H2. The first-order chi connectivity index (χ1) is 7.79. The third kappa shape index (κ3) is 2.72. The summed E-state index contributed by atoms with van der Waals surface area (Å²) < 4.78 is 5.63. The van der Waals surface area contributed by atoms with E-state index in [0.29, 0.717) is 18.2 Å². The van der Waals surface area contributed by atoms with Gasteiger partial charge in [0.1, 0.15) is 12.4 Å². The molecule has 0 bridgehead atoms. The van der Waals surface area contributed by atoms with Crippen molar-refractivity contribution in [3.63, 3.8) is 0 Å². The molecule has 0 amide bonds. The van der Waals surface area contributed by atoms with Crippen molar-refractivity contribution in [1.29, 1.82) is 0 Å². The van der Waals surface area contributed by atoms with Crippen molar-refractivity contribution in [3.8, 4) is 5.75 Å². The molecule has 1 heterocycles. The molecule has 2 N–H and O–H groups in total. The highest BCUT2D eigenvalue weighted by Crippen LogP contribution is 2.23. The van der Waals surface area contributed by atoms with Gasteiger partial charge in [0, 0.05) is 22.5 Å². The first-order valence-corrected chi connectivity index (χ1v) is 6.10. The minimum absolute atomic E-state index is 0.410. The molecule has 0 unspecified atom stereocenters. The maximum absolute atomic E-state index is 5.87. The van der Waals surface area contributed by atoms with E-state index in [1.54, 1.807) is 22.9 Å². The molecule has 1 aromatic heterocycles. The SMILES string of the molecule is NCc1cc(Cl)ccc1OCc1cscn1. The van der Waals surface area contributed by atoms with Gasteiger partial charge in [-0.25, -0.2) is 4.98 Å². The molecule has 2 aromatic rings. The Hall–Kier alpha value is -1.10. The van der Waals surface area contributed by atoms with Crippen LogP contribution in [0.5, 0.6) is 5.75 Å². The van der Waals surface area contributed by atoms with Gasteiger partial charge in [0.25, 0.3) is 0 Å². The van der Waals surface area contributed by atoms with Crippen molar-refractivity contribution < 1.29 is 4.74 Å². The number of ether oxygens (including phenoxy) is 1. The molecule has 0 radical (unpaired) electrons. The van der Waals surface area contributed by atoms with Crippen molar-refractivity contribution in [2.45, 2.75) is 13.2 Å². The Labute approximate surface area is 103 Å². The van der Waals surface area contributed by atoms with Crippen LogP contribution in [0, 0.1) is 0 Å². The van der Waals surface area contributed by atoms with Crippen LogP contribution in [0.2, 0.25) is 5.02 Å². The second kappa shape index (κ2) is 5.30. The van der Waals surface area contributed by atoms with Gasteiger partial charge in [0.2, 0.25) is 0 Å². The van der Waals surface area contributed by atoms with E-state index < -0.39 is 0 Å². The number of halogens is 1. The molecule has 3 nitrogen and oxygen atoms in total. The van der Waals surface area contributed by atoms with E-state index in [-0.39, 0.29) is 0 Å². The maximum Gasteiger partial charge on any atom is 0.131 e. The number of aromatic nitrogens is 1. The van der Waals surface area contributed by atoms with Crippen LogP contribution in [0.4, 0.5) is 0 Å². The van der Waals surface area contributed by atoms with E-state index in [2.05, 4.69) is 4.98 Å². The van der Waals surface area contributed by atoms with E-state index in [0.717, 1.165) is 17.0 Å². The molecule has 0 aliphatic heterocycles. The van der Waals surface area contributed by atoms with E-state index in [1.165, 1.54) is 0 Å². The molecule has 0 fully saturated rings. The number of hydrogen-bond donors (Lipinski definition) is 1. The van der Waals surface area contributed by atoms with Crippen LogP contribution < -0.4 is 10.5 Å². The average molecular weight is 255 g/mol. The Kier molecular flexibility index (Phi) is 3.77. The van der Waals surface area contributed by atoms with Gasteiger partial charge in [0.15, 0.2) is 0 Å². The van der Waals surface area contributed by atoms with E-state index in [1.807, 2.05) is 17.5 Å². The summed E-state index contributed by atoms with van der Waals surface area (Å²) in [6.07, 6.45) is 0. The molecule has 0 aliphatic carbocycles. The lowest BCUT2D eigenvalue weighted by molar-refractivity contribution is 0.299. The zero-order valence-corrected chi connectivity index (χ0v) is 10.1. The van der Waals surface area contributed by atoms with Crippen LogP contribution in [0.25, 0.3) is 0 Å². The Balaban J connectivity index is 2.09. The molecule has 0 atom stereocenters. The van der Waals surface area contributed by atoms with Gasteiger partial charge in [-0.3, -0.25) is 0 Å². The Morgan fingerprint density at radius 2 is 2.31 bits per heavy atom. The monoisotopic (exact) mass is 254 g/mol. The second-order valence-electron chi connectivity index (χ2n) is 3.22. The molecular formula is C11H11ClN2OS. The van der Waals surface area contributed by atoms with Gasteiger partial charge in [-0.15, -0.1) is 11.3 Å². The maximum atomic E-state index is 5.87. The molecule has 0 saturated heterocycles. The van der Waals surface area contributed by atoms with Crippen molar-refractivity contribution in [3.05, 3.63) is 45.4 Å². The second-order valence-corrected chi connectivity index (χ2v) is 4.38. The molecular weight excluding hydrogens is 244 g/mol. The lowest BCUT2D eigenvalue weighted by Crippen LogP contribution is -2.02. The minimum Gasteiger partial charge on any atom is -0.487 e. The van der Waals surface area contributed by atoms with Gasteiger partial charge in [-0.05, 0) is 18.2 Å². The molecule has 0 saturated carbocycles. The number of hydrogen-bond acceptors (Lipinski definition) is 4. The summed E-state index contributed by atoms with van der Waals surface area (Å²) in [6.45, 7) is 0.866. The summed E-state index contributed by atoms with van der Waals surface area (Å²) in [5, 5.41) is 2.62. The molecule has 0 aliphatic rings. The first-order valence-electron chi connectivity index (χ1n) is 4.78. The quantitative estimate of drug-likeness (QED) is 0.913. The summed E-state index contributed by atoms with van der Waals surface area (Å²) in [6, 6.07) is 5.44. The van der Waals surface area contributed by atoms with Crippen LogP contribution >= 0.6 is 22.9 Å². The fourth-order valence-electron chi connectivity index (χ4n) is 1.31. The van der Waals surface area contributed by atoms with Gasteiger partial charge in [0.05, 0.1) is 11.2 Å². The number of nitrogens with two attached hydrogens (primary N) is 1. The molecule has 2 rings (SSSR count). The molecule has 84 valence electrons. The summed E-state index contributed by atoms with van der Waals surface area (Å²) >= 11 is 7.42. The zero-order valence-electron chi connectivity index (χ0n) is 8.52. The predicted octanol–water partition coefficient (Wildman–Crippen LogP) is 2.83. The van der Waals surface area contributed by atoms with E-state index in [9.17, 15) is 0 Å². The number of thiazole rings is 1. The topological polar surface area (TPSA) is 48.1 Å². The van der Waals surface area contributed by atoms with Crippen molar-refractivity contribution in [2.24, 2.45) is 5.73 Å². The Morgan fingerprint density at radius 1 is 1.44 bits per heavy atom. The third-order valence-corrected chi connectivity index (χ3v) is 2.97. The van der Waals surface area contributed by atoms with Gasteiger partial charge in [-0.1, -0.05) is 11.6 Å². The smallest absolute Gasteiger partial charge is 0.131 e. The summed E-state index contributed by atoms with van der Waals surface area (Å²) in [7, 11) is 0. The van der Waals surface area contributed by atoms with Crippen LogP contribution in [0.1, 0.15) is 11.3 Å². The number of nitrogens with zero attached hydrogens (tertiary/aromatic N) is 1. The first kappa shape index (κ1) is 11.4. The predicted molar refractivity (Wildman–Crippen MR) is 65.8 cm³/mol. The summed E-state index contributed by atoms with van der Waals surface area (Å²) in [5.74, 6) is 0.764. The molecule has 16 heavy (non-hydrogen) atoms. The van der Waals surface area contributed by atoms with Crippen molar-refractivity contribution >= 4 is 22.9 Å². The normalized spacial score (nSPS) is 10.4. The van der Waals surface area contributed by atoms with E-state index in [4.69, 9.17) is 22.1 Å². The molecule has 1 aromatic carbocycles. The highest BCUT2D eigenvalue weighted by atomic mass is 35.5. The highest BCUT2D eigenvalue weighted by molar-refractivity contribution is 7.07. The van der Waals surface area contributed by atoms with Crippen LogP contribution in [-0.2, 0) is 13.2 Å². The number of rotatable bonds is 4. The van der Waals surface area contributed by atoms with Crippen LogP contribution in [0.15, 0.2) is 29.1 Å². The zero-order chi connectivity index (χ0) is 11.4. The van der Waals surface area contributed by atoms with Crippen molar-refractivity contribution in [2.75, 3.05) is 0 Å². The van der Waals surface area contributed by atoms with Crippen LogP contribution in [0.3, 0.4) is 0 Å². The molecule has 5 heteroatoms. The fraction of sp³-hybridized carbons (Fsp3) is 0.182. The molecule has 0 spiro atoms. The van der Waals surface area contributed by atoms with E-state index >= 15 is 0 Å². The lowest BCUT2D eigenvalue weighted by atomic mass is 10.2. The van der Waals surface area contributed by atoms with Gasteiger partial charge < -0.3 is 10.5 Å². The highest BCUT2D eigenvalue weighted by Gasteiger charge is 2.04. The largest absolute Gasteiger partial charge is 0.487 e. The third-order valence-electron chi connectivity index (χ3n) is 2.10. The minimum atomic E-state index is 0.410. The van der Waals surface area contributed by atoms with Gasteiger partial charge >= 0.3 is 0 Å². The lowest BCUT2D eigenvalue weighted by Gasteiger charge is -2.09. The van der Waals surface area contributed by atoms with Gasteiger partial charge in [-0.2, -0.15) is 0 Å². The fourth-order valence-corrected chi connectivity index (χ4v) is 2.05. The van der Waals surface area contributed by atoms with Crippen LogP contribution in [-0.4, -0.2) is 4.98 Å². The number of benzene rings is 1. The Bertz CT molecular complexity index is 459. The van der Waals surface area contributed by atoms with Crippen molar-refractivity contribution in [1.82, 2.24) is 4.98 Å². The summed E-state index contributed by atoms with van der Waals surface area (Å²) in [5.41, 5.74) is 9.22. The Morgan fingerprint density at radius 3 is 3.00 bits per heavy atom. The summed E-state index contributed by atoms with van der Waals surface area (Å²) in [4.78, 5) is 4.14. The average Bonchev–Trinajstić information content (AvgIpc) is 2.80.